The molecule has 1 saturated heterocycles. The van der Waals surface area contributed by atoms with Gasteiger partial charge in [0, 0.05) is 41.8 Å². The average Bonchev–Trinajstić information content (AvgIpc) is 3.30. The quantitative estimate of drug-likeness (QED) is 0.430. The molecule has 8 rings (SSSR count). The van der Waals surface area contributed by atoms with Crippen molar-refractivity contribution in [3.63, 3.8) is 0 Å². The van der Waals surface area contributed by atoms with Gasteiger partial charge in [0.05, 0.1) is 17.3 Å². The molecule has 3 aromatic heterocycles. The van der Waals surface area contributed by atoms with Crippen molar-refractivity contribution in [3.05, 3.63) is 59.1 Å². The first-order valence-electron chi connectivity index (χ1n) is 12.6. The number of furan rings is 1. The molecule has 2 amide bonds. The molecule has 184 valence electrons. The van der Waals surface area contributed by atoms with Gasteiger partial charge in [-0.2, -0.15) is 5.10 Å². The van der Waals surface area contributed by atoms with Crippen LogP contribution < -0.4 is 10.1 Å². The maximum absolute atomic E-state index is 13.0. The van der Waals surface area contributed by atoms with E-state index in [0.717, 1.165) is 54.6 Å². The van der Waals surface area contributed by atoms with Crippen molar-refractivity contribution in [2.75, 3.05) is 6.54 Å². The standard InChI is InChI=1S/C28H28N4O4/c1-15-7-9-31(15)27(34)21-14-32-25(16(21)2)22(6-8-29-32)36-19-4-5-20-23(10-19)35-17(3)24(20)26(33)30-28-11-18(12-28)13-28/h4-6,8,10,14-15,18H,7,9,11-13H2,1-3H3,(H,30,33)/t15-,18?,28?/m1/s1. The van der Waals surface area contributed by atoms with Crippen LogP contribution in [0, 0.1) is 19.8 Å². The van der Waals surface area contributed by atoms with Gasteiger partial charge in [-0.25, -0.2) is 4.52 Å². The van der Waals surface area contributed by atoms with E-state index in [1.807, 2.05) is 36.9 Å². The van der Waals surface area contributed by atoms with Gasteiger partial charge in [0.1, 0.15) is 22.6 Å². The van der Waals surface area contributed by atoms with Crippen molar-refractivity contribution in [2.45, 2.75) is 58.0 Å². The van der Waals surface area contributed by atoms with Gasteiger partial charge in [-0.05, 0) is 70.1 Å². The summed E-state index contributed by atoms with van der Waals surface area (Å²) in [6.45, 7) is 6.60. The van der Waals surface area contributed by atoms with Crippen molar-refractivity contribution in [1.29, 1.82) is 0 Å². The van der Waals surface area contributed by atoms with Crippen molar-refractivity contribution >= 4 is 28.3 Å². The molecule has 3 aliphatic carbocycles. The molecular weight excluding hydrogens is 456 g/mol. The largest absolute Gasteiger partial charge is 0.460 e. The van der Waals surface area contributed by atoms with Crippen LogP contribution in [0.15, 0.2) is 41.1 Å². The highest BCUT2D eigenvalue weighted by Gasteiger charge is 2.57. The number of hydrogen-bond acceptors (Lipinski definition) is 5. The maximum atomic E-state index is 13.0. The predicted octanol–water partition coefficient (Wildman–Crippen LogP) is 5.01. The van der Waals surface area contributed by atoms with E-state index in [9.17, 15) is 9.59 Å². The second-order valence-electron chi connectivity index (χ2n) is 10.8. The first kappa shape index (κ1) is 21.5. The first-order chi connectivity index (χ1) is 17.3. The zero-order valence-corrected chi connectivity index (χ0v) is 20.6. The molecule has 1 atom stereocenters. The number of amides is 2. The summed E-state index contributed by atoms with van der Waals surface area (Å²) >= 11 is 0. The van der Waals surface area contributed by atoms with Crippen LogP contribution in [0.2, 0.25) is 0 Å². The Morgan fingerprint density at radius 1 is 1.19 bits per heavy atom. The van der Waals surface area contributed by atoms with Crippen LogP contribution in [0.4, 0.5) is 0 Å². The molecule has 8 nitrogen and oxygen atoms in total. The summed E-state index contributed by atoms with van der Waals surface area (Å²) in [7, 11) is 0. The third-order valence-electron chi connectivity index (χ3n) is 8.41. The van der Waals surface area contributed by atoms with Crippen molar-refractivity contribution in [1.82, 2.24) is 19.8 Å². The molecule has 1 aliphatic heterocycles. The summed E-state index contributed by atoms with van der Waals surface area (Å²) in [5.41, 5.74) is 3.44. The Balaban J connectivity index is 1.19. The number of hydrogen-bond donors (Lipinski definition) is 1. The minimum absolute atomic E-state index is 0.0105. The topological polar surface area (TPSA) is 89.1 Å². The number of ether oxygens (including phenoxy) is 1. The van der Waals surface area contributed by atoms with Crippen molar-refractivity contribution < 1.29 is 18.7 Å². The molecule has 1 N–H and O–H groups in total. The lowest BCUT2D eigenvalue weighted by Gasteiger charge is -2.61. The fourth-order valence-electron chi connectivity index (χ4n) is 6.10. The van der Waals surface area contributed by atoms with E-state index in [0.29, 0.717) is 34.0 Å². The van der Waals surface area contributed by atoms with Crippen LogP contribution >= 0.6 is 0 Å². The Kier molecular flexibility index (Phi) is 4.38. The number of carbonyl (C=O) groups is 2. The number of fused-ring (bicyclic) bond motifs is 2. The molecule has 2 bridgehead atoms. The second kappa shape index (κ2) is 7.35. The Morgan fingerprint density at radius 2 is 2.00 bits per heavy atom. The highest BCUT2D eigenvalue weighted by Crippen LogP contribution is 2.57. The number of carbonyl (C=O) groups excluding carboxylic acids is 2. The van der Waals surface area contributed by atoms with Crippen LogP contribution in [-0.4, -0.2) is 44.5 Å². The lowest BCUT2D eigenvalue weighted by molar-refractivity contribution is -0.0438. The molecule has 0 radical (unpaired) electrons. The molecule has 0 spiro atoms. The fraction of sp³-hybridized carbons (Fsp3) is 0.393. The Hall–Kier alpha value is -3.81. The van der Waals surface area contributed by atoms with Gasteiger partial charge in [-0.15, -0.1) is 0 Å². The number of benzene rings is 1. The third-order valence-corrected chi connectivity index (χ3v) is 8.41. The van der Waals surface area contributed by atoms with Gasteiger partial charge >= 0.3 is 0 Å². The van der Waals surface area contributed by atoms with Crippen LogP contribution in [0.3, 0.4) is 0 Å². The van der Waals surface area contributed by atoms with Crippen molar-refractivity contribution in [3.8, 4) is 11.5 Å². The zero-order chi connectivity index (χ0) is 24.8. The molecule has 36 heavy (non-hydrogen) atoms. The van der Waals surface area contributed by atoms with Crippen molar-refractivity contribution in [2.24, 2.45) is 5.92 Å². The smallest absolute Gasteiger partial charge is 0.256 e. The monoisotopic (exact) mass is 484 g/mol. The van der Waals surface area contributed by atoms with Gasteiger partial charge in [-0.1, -0.05) is 0 Å². The summed E-state index contributed by atoms with van der Waals surface area (Å²) in [4.78, 5) is 28.0. The lowest BCUT2D eigenvalue weighted by Crippen LogP contribution is -2.68. The average molecular weight is 485 g/mol. The molecule has 4 heterocycles. The Morgan fingerprint density at radius 3 is 2.67 bits per heavy atom. The summed E-state index contributed by atoms with van der Waals surface area (Å²) < 4.78 is 13.9. The lowest BCUT2D eigenvalue weighted by atomic mass is 9.50. The molecule has 3 saturated carbocycles. The van der Waals surface area contributed by atoms with Gasteiger partial charge in [-0.3, -0.25) is 9.59 Å². The third kappa shape index (κ3) is 3.03. The molecule has 4 aromatic rings. The van der Waals surface area contributed by atoms with Gasteiger partial charge in [0.15, 0.2) is 5.75 Å². The number of likely N-dealkylation sites (tertiary alicyclic amines) is 1. The molecule has 8 heteroatoms. The van der Waals surface area contributed by atoms with E-state index in [-0.39, 0.29) is 23.4 Å². The summed E-state index contributed by atoms with van der Waals surface area (Å²) in [5, 5.41) is 8.41. The van der Waals surface area contributed by atoms with Crippen LogP contribution in [-0.2, 0) is 0 Å². The van der Waals surface area contributed by atoms with Gasteiger partial charge in [0.2, 0.25) is 0 Å². The number of aromatic nitrogens is 2. The second-order valence-corrected chi connectivity index (χ2v) is 10.8. The van der Waals surface area contributed by atoms with Gasteiger partial charge in [0.25, 0.3) is 11.8 Å². The van der Waals surface area contributed by atoms with E-state index < -0.39 is 0 Å². The number of rotatable bonds is 5. The summed E-state index contributed by atoms with van der Waals surface area (Å²) in [6, 6.07) is 7.59. The fourth-order valence-corrected chi connectivity index (χ4v) is 6.10. The van der Waals surface area contributed by atoms with Crippen LogP contribution in [0.5, 0.6) is 11.5 Å². The number of nitrogens with zero attached hydrogens (tertiary/aromatic N) is 3. The Bertz CT molecular complexity index is 1560. The van der Waals surface area contributed by atoms with E-state index >= 15 is 0 Å². The van der Waals surface area contributed by atoms with E-state index in [1.54, 1.807) is 23.0 Å². The van der Waals surface area contributed by atoms with Crippen LogP contribution in [0.25, 0.3) is 16.5 Å². The normalized spacial score (nSPS) is 24.2. The summed E-state index contributed by atoms with van der Waals surface area (Å²) in [6.07, 6.45) is 7.75. The summed E-state index contributed by atoms with van der Waals surface area (Å²) in [5.74, 6) is 2.54. The molecular formula is C28H28N4O4. The molecule has 1 aromatic carbocycles. The van der Waals surface area contributed by atoms with Crippen LogP contribution in [0.1, 0.15) is 64.6 Å². The van der Waals surface area contributed by atoms with E-state index in [1.165, 1.54) is 0 Å². The first-order valence-corrected chi connectivity index (χ1v) is 12.6. The highest BCUT2D eigenvalue weighted by molar-refractivity contribution is 6.08. The minimum Gasteiger partial charge on any atom is -0.460 e. The maximum Gasteiger partial charge on any atom is 0.256 e. The SMILES string of the molecule is Cc1oc2cc(Oc3ccnn4cc(C(=O)N5CC[C@H]5C)c(C)c34)ccc2c1C(=O)NC12CC(C1)C2. The zero-order valence-electron chi connectivity index (χ0n) is 20.6. The Labute approximate surface area is 208 Å². The highest BCUT2D eigenvalue weighted by atomic mass is 16.5. The predicted molar refractivity (Wildman–Crippen MR) is 134 cm³/mol. The number of nitrogens with one attached hydrogen (secondary N) is 1. The van der Waals surface area contributed by atoms with Gasteiger partial charge < -0.3 is 19.4 Å². The van der Waals surface area contributed by atoms with E-state index in [2.05, 4.69) is 17.3 Å². The molecule has 4 aliphatic rings. The van der Waals surface area contributed by atoms with E-state index in [4.69, 9.17) is 9.15 Å². The minimum atomic E-state index is -0.0635. The molecule has 0 unspecified atom stereocenters. The molecule has 4 fully saturated rings. The number of aryl methyl sites for hydroxylation is 2.